The summed E-state index contributed by atoms with van der Waals surface area (Å²) < 4.78 is 7.66. The lowest BCUT2D eigenvalue weighted by molar-refractivity contribution is 0.310. The molecule has 0 atom stereocenters. The fraction of sp³-hybridized carbons (Fsp3) is 0.400. The second-order valence-corrected chi connectivity index (χ2v) is 4.62. The molecule has 0 radical (unpaired) electrons. The van der Waals surface area contributed by atoms with E-state index in [0.717, 1.165) is 35.8 Å². The van der Waals surface area contributed by atoms with Crippen molar-refractivity contribution in [3.05, 3.63) is 41.7 Å². The summed E-state index contributed by atoms with van der Waals surface area (Å²) in [6.45, 7) is 5.61. The van der Waals surface area contributed by atoms with Crippen molar-refractivity contribution in [3.63, 3.8) is 0 Å². The van der Waals surface area contributed by atoms with Gasteiger partial charge < -0.3 is 10.1 Å². The van der Waals surface area contributed by atoms with E-state index in [1.807, 2.05) is 43.8 Å². The van der Waals surface area contributed by atoms with Crippen LogP contribution in [0.1, 0.15) is 17.8 Å². The maximum Gasteiger partial charge on any atom is 0.162 e. The van der Waals surface area contributed by atoms with E-state index >= 15 is 0 Å². The number of nitrogens with one attached hydrogen (secondary N) is 1. The van der Waals surface area contributed by atoms with Gasteiger partial charge in [0.1, 0.15) is 5.69 Å². The molecule has 1 aromatic heterocycles. The van der Waals surface area contributed by atoms with Crippen LogP contribution in [0.3, 0.4) is 0 Å². The van der Waals surface area contributed by atoms with Gasteiger partial charge in [-0.15, -0.1) is 0 Å². The highest BCUT2D eigenvalue weighted by Crippen LogP contribution is 2.21. The molecule has 0 spiro atoms. The molecular formula is C15H21N3O. The molecular weight excluding hydrogens is 238 g/mol. The first-order valence-electron chi connectivity index (χ1n) is 6.60. The van der Waals surface area contributed by atoms with Crippen LogP contribution in [0.15, 0.2) is 30.3 Å². The summed E-state index contributed by atoms with van der Waals surface area (Å²) in [4.78, 5) is 0. The van der Waals surface area contributed by atoms with Gasteiger partial charge in [-0.1, -0.05) is 18.2 Å². The summed E-state index contributed by atoms with van der Waals surface area (Å²) in [5.74, 6) is 0.919. The maximum atomic E-state index is 5.80. The molecule has 2 aromatic rings. The van der Waals surface area contributed by atoms with Gasteiger partial charge >= 0.3 is 0 Å². The van der Waals surface area contributed by atoms with Gasteiger partial charge in [-0.25, -0.2) is 0 Å². The van der Waals surface area contributed by atoms with Crippen LogP contribution in [0.25, 0.3) is 0 Å². The van der Waals surface area contributed by atoms with E-state index in [4.69, 9.17) is 4.74 Å². The molecule has 1 heterocycles. The van der Waals surface area contributed by atoms with Crippen LogP contribution < -0.4 is 10.1 Å². The molecule has 4 heteroatoms. The molecule has 19 heavy (non-hydrogen) atoms. The summed E-state index contributed by atoms with van der Waals surface area (Å²) in [5, 5.41) is 7.70. The number of aromatic nitrogens is 2. The Morgan fingerprint density at radius 2 is 1.95 bits per heavy atom. The topological polar surface area (TPSA) is 39.1 Å². The number of ether oxygens (including phenoxy) is 1. The molecule has 0 saturated carbocycles. The van der Waals surface area contributed by atoms with Gasteiger partial charge in [-0.2, -0.15) is 5.10 Å². The number of benzene rings is 1. The Hall–Kier alpha value is -1.97. The van der Waals surface area contributed by atoms with Crippen LogP contribution in [0.2, 0.25) is 0 Å². The van der Waals surface area contributed by atoms with Gasteiger partial charge in [0.2, 0.25) is 0 Å². The van der Waals surface area contributed by atoms with Gasteiger partial charge in [-0.3, -0.25) is 4.68 Å². The van der Waals surface area contributed by atoms with Crippen molar-refractivity contribution in [2.24, 2.45) is 7.05 Å². The summed E-state index contributed by atoms with van der Waals surface area (Å²) >= 11 is 0. The number of aryl methyl sites for hydroxylation is 2. The van der Waals surface area contributed by atoms with Gasteiger partial charge in [0, 0.05) is 19.3 Å². The molecule has 1 aromatic carbocycles. The molecule has 0 aliphatic heterocycles. The van der Waals surface area contributed by atoms with Crippen LogP contribution in [0, 0.1) is 13.8 Å². The predicted octanol–water partition coefficient (Wildman–Crippen LogP) is 2.92. The highest BCUT2D eigenvalue weighted by atomic mass is 16.5. The summed E-state index contributed by atoms with van der Waals surface area (Å²) in [6, 6.07) is 10.2. The standard InChI is InChI=1S/C15H21N3O/c1-12-15(13(2)18(3)17-12)19-11-7-10-16-14-8-5-4-6-9-14/h4-6,8-9,16H,7,10-11H2,1-3H3. The Kier molecular flexibility index (Phi) is 4.44. The molecule has 2 rings (SSSR count). The van der Waals surface area contributed by atoms with E-state index in [1.165, 1.54) is 0 Å². The second-order valence-electron chi connectivity index (χ2n) is 4.62. The van der Waals surface area contributed by atoms with Crippen molar-refractivity contribution in [2.45, 2.75) is 20.3 Å². The van der Waals surface area contributed by atoms with Crippen molar-refractivity contribution in [3.8, 4) is 5.75 Å². The molecule has 4 nitrogen and oxygen atoms in total. The van der Waals surface area contributed by atoms with E-state index in [-0.39, 0.29) is 0 Å². The third-order valence-electron chi connectivity index (χ3n) is 3.11. The zero-order chi connectivity index (χ0) is 13.7. The lowest BCUT2D eigenvalue weighted by Crippen LogP contribution is -2.07. The van der Waals surface area contributed by atoms with Crippen molar-refractivity contribution < 1.29 is 4.74 Å². The first-order chi connectivity index (χ1) is 9.18. The summed E-state index contributed by atoms with van der Waals surface area (Å²) in [6.07, 6.45) is 0.961. The molecule has 0 aliphatic carbocycles. The molecule has 1 N–H and O–H groups in total. The Bertz CT molecular complexity index is 520. The molecule has 102 valence electrons. The van der Waals surface area contributed by atoms with Crippen LogP contribution >= 0.6 is 0 Å². The molecule has 0 saturated heterocycles. The number of nitrogens with zero attached hydrogens (tertiary/aromatic N) is 2. The average Bonchev–Trinajstić information content (AvgIpc) is 2.65. The largest absolute Gasteiger partial charge is 0.490 e. The van der Waals surface area contributed by atoms with Gasteiger partial charge in [0.25, 0.3) is 0 Å². The number of rotatable bonds is 6. The van der Waals surface area contributed by atoms with Crippen molar-refractivity contribution >= 4 is 5.69 Å². The minimum absolute atomic E-state index is 0.702. The Balaban J connectivity index is 1.72. The molecule has 0 fully saturated rings. The van der Waals surface area contributed by atoms with Crippen LogP contribution in [-0.2, 0) is 7.05 Å². The Labute approximate surface area is 114 Å². The molecule has 0 unspecified atom stereocenters. The van der Waals surface area contributed by atoms with E-state index in [0.29, 0.717) is 6.61 Å². The number of anilines is 1. The predicted molar refractivity (Wildman–Crippen MR) is 77.7 cm³/mol. The fourth-order valence-electron chi connectivity index (χ4n) is 2.00. The summed E-state index contributed by atoms with van der Waals surface area (Å²) in [5.41, 5.74) is 3.18. The average molecular weight is 259 g/mol. The quantitative estimate of drug-likeness (QED) is 0.811. The Morgan fingerprint density at radius 1 is 1.21 bits per heavy atom. The lowest BCUT2D eigenvalue weighted by Gasteiger charge is -2.08. The molecule has 0 aliphatic rings. The van der Waals surface area contributed by atoms with Crippen molar-refractivity contribution in [1.82, 2.24) is 9.78 Å². The fourth-order valence-corrected chi connectivity index (χ4v) is 2.00. The van der Waals surface area contributed by atoms with E-state index < -0.39 is 0 Å². The summed E-state index contributed by atoms with van der Waals surface area (Å²) in [7, 11) is 1.94. The highest BCUT2D eigenvalue weighted by molar-refractivity contribution is 5.42. The van der Waals surface area contributed by atoms with Crippen LogP contribution in [-0.4, -0.2) is 22.9 Å². The second kappa shape index (κ2) is 6.27. The monoisotopic (exact) mass is 259 g/mol. The van der Waals surface area contributed by atoms with E-state index in [2.05, 4.69) is 22.5 Å². The molecule has 0 amide bonds. The smallest absolute Gasteiger partial charge is 0.162 e. The van der Waals surface area contributed by atoms with Crippen molar-refractivity contribution in [2.75, 3.05) is 18.5 Å². The minimum Gasteiger partial charge on any atom is -0.490 e. The normalized spacial score (nSPS) is 10.5. The lowest BCUT2D eigenvalue weighted by atomic mass is 10.3. The zero-order valence-electron chi connectivity index (χ0n) is 11.8. The zero-order valence-corrected chi connectivity index (χ0v) is 11.8. The van der Waals surface area contributed by atoms with Gasteiger partial charge in [-0.05, 0) is 32.4 Å². The third-order valence-corrected chi connectivity index (χ3v) is 3.11. The first-order valence-corrected chi connectivity index (χ1v) is 6.60. The van der Waals surface area contributed by atoms with Crippen molar-refractivity contribution in [1.29, 1.82) is 0 Å². The Morgan fingerprint density at radius 3 is 2.58 bits per heavy atom. The minimum atomic E-state index is 0.702. The van der Waals surface area contributed by atoms with Crippen LogP contribution in [0.5, 0.6) is 5.75 Å². The number of para-hydroxylation sites is 1. The SMILES string of the molecule is Cc1nn(C)c(C)c1OCCCNc1ccccc1. The maximum absolute atomic E-state index is 5.80. The third kappa shape index (κ3) is 3.50. The number of hydrogen-bond acceptors (Lipinski definition) is 3. The van der Waals surface area contributed by atoms with E-state index in [1.54, 1.807) is 0 Å². The van der Waals surface area contributed by atoms with Crippen LogP contribution in [0.4, 0.5) is 5.69 Å². The van der Waals surface area contributed by atoms with Gasteiger partial charge in [0.15, 0.2) is 5.75 Å². The van der Waals surface area contributed by atoms with E-state index in [9.17, 15) is 0 Å². The highest BCUT2D eigenvalue weighted by Gasteiger charge is 2.09. The molecule has 0 bridgehead atoms. The number of hydrogen-bond donors (Lipinski definition) is 1. The van der Waals surface area contributed by atoms with Gasteiger partial charge in [0.05, 0.1) is 12.3 Å². The first kappa shape index (κ1) is 13.5.